The quantitative estimate of drug-likeness (QED) is 0.921. The van der Waals surface area contributed by atoms with E-state index in [0.717, 1.165) is 35.3 Å². The number of anilines is 1. The second-order valence-electron chi connectivity index (χ2n) is 5.77. The molecule has 2 aliphatic rings. The Balaban J connectivity index is 1.73. The van der Waals surface area contributed by atoms with E-state index < -0.39 is 0 Å². The van der Waals surface area contributed by atoms with Crippen molar-refractivity contribution in [2.75, 3.05) is 38.5 Å². The summed E-state index contributed by atoms with van der Waals surface area (Å²) in [6.07, 6.45) is 1.22. The Morgan fingerprint density at radius 2 is 2.30 bits per heavy atom. The van der Waals surface area contributed by atoms with Crippen molar-refractivity contribution in [1.82, 2.24) is 14.8 Å². The maximum Gasteiger partial charge on any atom is 0.265 e. The molecular weight excluding hydrogens is 272 g/mol. The number of aryl methyl sites for hydroxylation is 1. The fraction of sp³-hybridized carbons (Fsp3) is 0.714. The van der Waals surface area contributed by atoms with Crippen molar-refractivity contribution < 1.29 is 4.79 Å². The molecule has 2 saturated heterocycles. The number of nitrogens with one attached hydrogen (secondary N) is 1. The Labute approximate surface area is 124 Å². The zero-order chi connectivity index (χ0) is 14.3. The standard InChI is InChI=1S/C14H22N4OS/c1-4-15-14-16-9(2)12(20-14)13(19)18-7-10-5-6-17(3)11(10)8-18/h10-11H,4-8H2,1-3H3,(H,15,16)/t10-,11+/m0/s1. The lowest BCUT2D eigenvalue weighted by molar-refractivity contribution is 0.0778. The smallest absolute Gasteiger partial charge is 0.265 e. The van der Waals surface area contributed by atoms with Crippen molar-refractivity contribution in [2.45, 2.75) is 26.3 Å². The van der Waals surface area contributed by atoms with Gasteiger partial charge in [-0.2, -0.15) is 0 Å². The highest BCUT2D eigenvalue weighted by molar-refractivity contribution is 7.17. The van der Waals surface area contributed by atoms with Gasteiger partial charge in [-0.05, 0) is 39.8 Å². The van der Waals surface area contributed by atoms with Crippen LogP contribution in [0.15, 0.2) is 0 Å². The maximum atomic E-state index is 12.7. The lowest BCUT2D eigenvalue weighted by atomic mass is 10.1. The van der Waals surface area contributed by atoms with Gasteiger partial charge in [-0.1, -0.05) is 11.3 Å². The Morgan fingerprint density at radius 1 is 1.50 bits per heavy atom. The van der Waals surface area contributed by atoms with Crippen LogP contribution in [0.4, 0.5) is 5.13 Å². The number of carbonyl (C=O) groups excluding carboxylic acids is 1. The first-order valence-corrected chi connectivity index (χ1v) is 8.12. The fourth-order valence-electron chi connectivity index (χ4n) is 3.30. The van der Waals surface area contributed by atoms with E-state index in [1.807, 2.05) is 18.7 Å². The van der Waals surface area contributed by atoms with Gasteiger partial charge >= 0.3 is 0 Å². The molecule has 1 aromatic heterocycles. The van der Waals surface area contributed by atoms with Gasteiger partial charge < -0.3 is 15.1 Å². The molecule has 0 bridgehead atoms. The zero-order valence-electron chi connectivity index (χ0n) is 12.3. The van der Waals surface area contributed by atoms with Crippen LogP contribution in [0.25, 0.3) is 0 Å². The highest BCUT2D eigenvalue weighted by Crippen LogP contribution is 2.32. The lowest BCUT2D eigenvalue weighted by Crippen LogP contribution is -2.35. The molecule has 1 amide bonds. The van der Waals surface area contributed by atoms with E-state index in [2.05, 4.69) is 22.2 Å². The predicted octanol–water partition coefficient (Wildman–Crippen LogP) is 1.66. The van der Waals surface area contributed by atoms with Crippen LogP contribution < -0.4 is 5.32 Å². The van der Waals surface area contributed by atoms with Crippen LogP contribution in [-0.4, -0.2) is 60.0 Å². The summed E-state index contributed by atoms with van der Waals surface area (Å²) in [4.78, 5) is 22.3. The Morgan fingerprint density at radius 3 is 3.00 bits per heavy atom. The summed E-state index contributed by atoms with van der Waals surface area (Å²) in [5, 5.41) is 4.04. The number of likely N-dealkylation sites (tertiary alicyclic amines) is 2. The van der Waals surface area contributed by atoms with E-state index in [4.69, 9.17) is 0 Å². The minimum Gasteiger partial charge on any atom is -0.362 e. The van der Waals surface area contributed by atoms with Crippen LogP contribution in [-0.2, 0) is 0 Å². The molecule has 2 fully saturated rings. The van der Waals surface area contributed by atoms with Crippen molar-refractivity contribution in [1.29, 1.82) is 0 Å². The summed E-state index contributed by atoms with van der Waals surface area (Å²) >= 11 is 1.48. The molecule has 2 atom stereocenters. The number of fused-ring (bicyclic) bond motifs is 1. The van der Waals surface area contributed by atoms with Gasteiger partial charge in [-0.25, -0.2) is 4.98 Å². The first-order valence-electron chi connectivity index (χ1n) is 7.31. The average molecular weight is 294 g/mol. The number of rotatable bonds is 3. The zero-order valence-corrected chi connectivity index (χ0v) is 13.2. The highest BCUT2D eigenvalue weighted by atomic mass is 32.1. The number of nitrogens with zero attached hydrogens (tertiary/aromatic N) is 3. The fourth-order valence-corrected chi connectivity index (χ4v) is 4.31. The van der Waals surface area contributed by atoms with Gasteiger partial charge in [0.1, 0.15) is 4.88 Å². The summed E-state index contributed by atoms with van der Waals surface area (Å²) in [5.41, 5.74) is 0.848. The van der Waals surface area contributed by atoms with Crippen LogP contribution in [0, 0.1) is 12.8 Å². The minimum atomic E-state index is 0.159. The lowest BCUT2D eigenvalue weighted by Gasteiger charge is -2.20. The first kappa shape index (κ1) is 13.8. The number of hydrogen-bond acceptors (Lipinski definition) is 5. The molecule has 2 aliphatic heterocycles. The molecule has 1 N–H and O–H groups in total. The molecule has 0 unspecified atom stereocenters. The van der Waals surface area contributed by atoms with E-state index in [1.165, 1.54) is 24.3 Å². The SMILES string of the molecule is CCNc1nc(C)c(C(=O)N2C[C@@H]3CCN(C)[C@@H]3C2)s1. The molecule has 6 heteroatoms. The van der Waals surface area contributed by atoms with Crippen molar-refractivity contribution in [3.05, 3.63) is 10.6 Å². The number of carbonyl (C=O) groups is 1. The van der Waals surface area contributed by atoms with E-state index in [0.29, 0.717) is 12.0 Å². The predicted molar refractivity (Wildman–Crippen MR) is 81.4 cm³/mol. The Hall–Kier alpha value is -1.14. The van der Waals surface area contributed by atoms with Crippen LogP contribution in [0.1, 0.15) is 28.7 Å². The van der Waals surface area contributed by atoms with Gasteiger partial charge in [-0.3, -0.25) is 4.79 Å². The number of aromatic nitrogens is 1. The largest absolute Gasteiger partial charge is 0.362 e. The van der Waals surface area contributed by atoms with Gasteiger partial charge in [0.25, 0.3) is 5.91 Å². The van der Waals surface area contributed by atoms with Crippen LogP contribution in [0.2, 0.25) is 0 Å². The Kier molecular flexibility index (Phi) is 3.69. The average Bonchev–Trinajstić information content (AvgIpc) is 3.07. The van der Waals surface area contributed by atoms with Crippen LogP contribution in [0.3, 0.4) is 0 Å². The molecule has 0 aromatic carbocycles. The van der Waals surface area contributed by atoms with Crippen molar-refractivity contribution in [3.8, 4) is 0 Å². The van der Waals surface area contributed by atoms with Crippen molar-refractivity contribution >= 4 is 22.4 Å². The molecule has 0 saturated carbocycles. The van der Waals surface area contributed by atoms with Gasteiger partial charge in [0.05, 0.1) is 5.69 Å². The van der Waals surface area contributed by atoms with Crippen molar-refractivity contribution in [3.63, 3.8) is 0 Å². The number of thiazole rings is 1. The monoisotopic (exact) mass is 294 g/mol. The summed E-state index contributed by atoms with van der Waals surface area (Å²) in [6, 6.07) is 0.556. The third-order valence-corrected chi connectivity index (χ3v) is 5.53. The molecule has 1 aromatic rings. The van der Waals surface area contributed by atoms with Gasteiger partial charge in [0.2, 0.25) is 0 Å². The Bertz CT molecular complexity index is 515. The van der Waals surface area contributed by atoms with E-state index >= 15 is 0 Å². The van der Waals surface area contributed by atoms with Crippen molar-refractivity contribution in [2.24, 2.45) is 5.92 Å². The van der Waals surface area contributed by atoms with Crippen LogP contribution >= 0.6 is 11.3 Å². The van der Waals surface area contributed by atoms with Crippen LogP contribution in [0.5, 0.6) is 0 Å². The number of hydrogen-bond donors (Lipinski definition) is 1. The van der Waals surface area contributed by atoms with E-state index in [-0.39, 0.29) is 5.91 Å². The molecule has 5 nitrogen and oxygen atoms in total. The second-order valence-corrected chi connectivity index (χ2v) is 6.77. The summed E-state index contributed by atoms with van der Waals surface area (Å²) < 4.78 is 0. The molecule has 3 rings (SSSR count). The second kappa shape index (κ2) is 5.33. The molecule has 20 heavy (non-hydrogen) atoms. The third-order valence-electron chi connectivity index (χ3n) is 4.43. The normalized spacial score (nSPS) is 26.1. The minimum absolute atomic E-state index is 0.159. The van der Waals surface area contributed by atoms with E-state index in [1.54, 1.807) is 0 Å². The highest BCUT2D eigenvalue weighted by Gasteiger charge is 2.41. The summed E-state index contributed by atoms with van der Waals surface area (Å²) in [6.45, 7) is 7.74. The third kappa shape index (κ3) is 2.31. The molecule has 0 radical (unpaired) electrons. The topological polar surface area (TPSA) is 48.5 Å². The maximum absolute atomic E-state index is 12.7. The molecular formula is C14H22N4OS. The summed E-state index contributed by atoms with van der Waals surface area (Å²) in [5.74, 6) is 0.817. The first-order chi connectivity index (χ1) is 9.60. The van der Waals surface area contributed by atoms with Gasteiger partial charge in [0.15, 0.2) is 5.13 Å². The molecule has 0 spiro atoms. The summed E-state index contributed by atoms with van der Waals surface area (Å²) in [7, 11) is 2.17. The number of likely N-dealkylation sites (N-methyl/N-ethyl adjacent to an activating group) is 1. The van der Waals surface area contributed by atoms with E-state index in [9.17, 15) is 4.79 Å². The molecule has 3 heterocycles. The van der Waals surface area contributed by atoms with Gasteiger partial charge in [0, 0.05) is 25.7 Å². The number of amides is 1. The van der Waals surface area contributed by atoms with Gasteiger partial charge in [-0.15, -0.1) is 0 Å². The molecule has 110 valence electrons. The molecule has 0 aliphatic carbocycles.